The van der Waals surface area contributed by atoms with Crippen LogP contribution in [-0.4, -0.2) is 41.7 Å². The quantitative estimate of drug-likeness (QED) is 0.919. The van der Waals surface area contributed by atoms with Gasteiger partial charge in [0.15, 0.2) is 0 Å². The zero-order valence-electron chi connectivity index (χ0n) is 13.3. The van der Waals surface area contributed by atoms with Crippen LogP contribution in [-0.2, 0) is 0 Å². The molecule has 2 rings (SSSR count). The molecule has 1 aliphatic rings. The van der Waals surface area contributed by atoms with E-state index >= 15 is 0 Å². The van der Waals surface area contributed by atoms with Crippen molar-refractivity contribution >= 4 is 5.69 Å². The summed E-state index contributed by atoms with van der Waals surface area (Å²) < 4.78 is 0. The number of aliphatic hydroxyl groups is 1. The minimum Gasteiger partial charge on any atom is -0.388 e. The van der Waals surface area contributed by atoms with Crippen LogP contribution < -0.4 is 4.90 Å². The summed E-state index contributed by atoms with van der Waals surface area (Å²) in [6, 6.07) is 8.28. The number of nitrogens with zero attached hydrogens (tertiary/aromatic N) is 2. The van der Waals surface area contributed by atoms with Crippen LogP contribution >= 0.6 is 0 Å². The Morgan fingerprint density at radius 1 is 1.10 bits per heavy atom. The van der Waals surface area contributed by atoms with Crippen LogP contribution in [0.15, 0.2) is 24.3 Å². The van der Waals surface area contributed by atoms with Crippen molar-refractivity contribution in [3.63, 3.8) is 0 Å². The van der Waals surface area contributed by atoms with Crippen LogP contribution in [0.25, 0.3) is 0 Å². The van der Waals surface area contributed by atoms with E-state index in [-0.39, 0.29) is 11.6 Å². The topological polar surface area (TPSA) is 26.7 Å². The molecule has 3 heteroatoms. The Kier molecular flexibility index (Phi) is 4.71. The van der Waals surface area contributed by atoms with Crippen molar-refractivity contribution in [3.05, 3.63) is 29.8 Å². The predicted molar refractivity (Wildman–Crippen MR) is 85.2 cm³/mol. The average molecular weight is 276 g/mol. The zero-order valence-corrected chi connectivity index (χ0v) is 13.3. The molecule has 20 heavy (non-hydrogen) atoms. The van der Waals surface area contributed by atoms with Crippen molar-refractivity contribution in [2.24, 2.45) is 0 Å². The van der Waals surface area contributed by atoms with Gasteiger partial charge in [0.1, 0.15) is 0 Å². The van der Waals surface area contributed by atoms with Crippen molar-refractivity contribution in [3.8, 4) is 0 Å². The summed E-state index contributed by atoms with van der Waals surface area (Å²) in [5.41, 5.74) is 2.52. The van der Waals surface area contributed by atoms with Gasteiger partial charge in [-0.2, -0.15) is 0 Å². The molecule has 1 atom stereocenters. The number of aliphatic hydroxyl groups excluding tert-OH is 1. The summed E-state index contributed by atoms with van der Waals surface area (Å²) in [5, 5.41) is 10.2. The first-order valence-corrected chi connectivity index (χ1v) is 7.70. The highest BCUT2D eigenvalue weighted by molar-refractivity contribution is 5.55. The van der Waals surface area contributed by atoms with Crippen LogP contribution in [0.3, 0.4) is 0 Å². The molecular formula is C17H28N2O. The van der Waals surface area contributed by atoms with Gasteiger partial charge in [0.2, 0.25) is 0 Å². The van der Waals surface area contributed by atoms with Gasteiger partial charge < -0.3 is 10.0 Å². The summed E-state index contributed by atoms with van der Waals surface area (Å²) in [4.78, 5) is 4.94. The van der Waals surface area contributed by atoms with Gasteiger partial charge in [-0.1, -0.05) is 25.1 Å². The van der Waals surface area contributed by atoms with E-state index in [1.54, 1.807) is 0 Å². The van der Waals surface area contributed by atoms with E-state index in [1.807, 2.05) is 13.0 Å². The minimum absolute atomic E-state index is 0.245. The molecule has 1 fully saturated rings. The highest BCUT2D eigenvalue weighted by Crippen LogP contribution is 2.29. The molecule has 0 amide bonds. The van der Waals surface area contributed by atoms with Gasteiger partial charge in [-0.05, 0) is 33.3 Å². The second-order valence-corrected chi connectivity index (χ2v) is 6.63. The van der Waals surface area contributed by atoms with Crippen LogP contribution in [0.4, 0.5) is 5.69 Å². The third-order valence-corrected chi connectivity index (χ3v) is 4.25. The molecule has 1 aromatic carbocycles. The summed E-state index contributed by atoms with van der Waals surface area (Å²) >= 11 is 0. The lowest BCUT2D eigenvalue weighted by atomic mass is 10.0. The number of hydrogen-bond donors (Lipinski definition) is 1. The molecule has 0 spiro atoms. The van der Waals surface area contributed by atoms with Gasteiger partial charge in [-0.15, -0.1) is 0 Å². The first-order chi connectivity index (χ1) is 9.43. The Morgan fingerprint density at radius 2 is 1.70 bits per heavy atom. The fraction of sp³-hybridized carbons (Fsp3) is 0.647. The minimum atomic E-state index is -0.355. The van der Waals surface area contributed by atoms with E-state index in [0.29, 0.717) is 0 Å². The third kappa shape index (κ3) is 3.33. The SMILES string of the molecule is CCC(O)c1ccccc1N1CCN(C(C)(C)C)CC1. The van der Waals surface area contributed by atoms with Crippen molar-refractivity contribution in [2.75, 3.05) is 31.1 Å². The summed E-state index contributed by atoms with van der Waals surface area (Å²) in [6.45, 7) is 13.1. The highest BCUT2D eigenvalue weighted by Gasteiger charge is 2.27. The first kappa shape index (κ1) is 15.3. The van der Waals surface area contributed by atoms with Crippen LogP contribution in [0, 0.1) is 0 Å². The highest BCUT2D eigenvalue weighted by atomic mass is 16.3. The van der Waals surface area contributed by atoms with Crippen molar-refractivity contribution in [2.45, 2.75) is 45.8 Å². The molecule has 1 heterocycles. The maximum Gasteiger partial charge on any atom is 0.0807 e. The van der Waals surface area contributed by atoms with E-state index in [0.717, 1.165) is 38.2 Å². The third-order valence-electron chi connectivity index (χ3n) is 4.25. The number of benzene rings is 1. The molecule has 3 nitrogen and oxygen atoms in total. The number of hydrogen-bond acceptors (Lipinski definition) is 3. The predicted octanol–water partition coefficient (Wildman–Crippen LogP) is 3.05. The van der Waals surface area contributed by atoms with Gasteiger partial charge in [-0.25, -0.2) is 0 Å². The summed E-state index contributed by atoms with van der Waals surface area (Å²) in [5.74, 6) is 0. The molecule has 1 N–H and O–H groups in total. The van der Waals surface area contributed by atoms with Gasteiger partial charge >= 0.3 is 0 Å². The van der Waals surface area contributed by atoms with Gasteiger partial charge in [0.25, 0.3) is 0 Å². The van der Waals surface area contributed by atoms with Gasteiger partial charge in [0, 0.05) is 43.0 Å². The fourth-order valence-corrected chi connectivity index (χ4v) is 2.90. The molecule has 0 bridgehead atoms. The Hall–Kier alpha value is -1.06. The summed E-state index contributed by atoms with van der Waals surface area (Å²) in [7, 11) is 0. The molecule has 1 saturated heterocycles. The smallest absolute Gasteiger partial charge is 0.0807 e. The lowest BCUT2D eigenvalue weighted by molar-refractivity contribution is 0.128. The molecular weight excluding hydrogens is 248 g/mol. The van der Waals surface area contributed by atoms with Gasteiger partial charge in [-0.3, -0.25) is 4.90 Å². The zero-order chi connectivity index (χ0) is 14.8. The number of anilines is 1. The fourth-order valence-electron chi connectivity index (χ4n) is 2.90. The van der Waals surface area contributed by atoms with Crippen molar-refractivity contribution in [1.82, 2.24) is 4.90 Å². The first-order valence-electron chi connectivity index (χ1n) is 7.70. The molecule has 112 valence electrons. The molecule has 0 radical (unpaired) electrons. The number of para-hydroxylation sites is 1. The van der Waals surface area contributed by atoms with E-state index in [4.69, 9.17) is 0 Å². The van der Waals surface area contributed by atoms with E-state index < -0.39 is 0 Å². The number of rotatable bonds is 3. The Morgan fingerprint density at radius 3 is 2.25 bits per heavy atom. The molecule has 0 saturated carbocycles. The monoisotopic (exact) mass is 276 g/mol. The Balaban J connectivity index is 2.11. The molecule has 0 aromatic heterocycles. The normalized spacial score (nSPS) is 19.1. The maximum atomic E-state index is 10.2. The van der Waals surface area contributed by atoms with Crippen molar-refractivity contribution in [1.29, 1.82) is 0 Å². The van der Waals surface area contributed by atoms with E-state index in [2.05, 4.69) is 48.8 Å². The molecule has 0 aliphatic carbocycles. The second kappa shape index (κ2) is 6.15. The Labute approximate surface area is 123 Å². The van der Waals surface area contributed by atoms with Crippen LogP contribution in [0.5, 0.6) is 0 Å². The van der Waals surface area contributed by atoms with Crippen LogP contribution in [0.2, 0.25) is 0 Å². The molecule has 1 aliphatic heterocycles. The summed E-state index contributed by atoms with van der Waals surface area (Å²) in [6.07, 6.45) is 0.408. The number of piperazine rings is 1. The molecule has 1 unspecified atom stereocenters. The van der Waals surface area contributed by atoms with Crippen LogP contribution in [0.1, 0.15) is 45.8 Å². The molecule has 1 aromatic rings. The average Bonchev–Trinajstić information content (AvgIpc) is 2.45. The van der Waals surface area contributed by atoms with E-state index in [9.17, 15) is 5.11 Å². The lowest BCUT2D eigenvalue weighted by Crippen LogP contribution is -2.53. The van der Waals surface area contributed by atoms with Gasteiger partial charge in [0.05, 0.1) is 6.10 Å². The standard InChI is InChI=1S/C17H28N2O/c1-5-16(20)14-8-6-7-9-15(14)18-10-12-19(13-11-18)17(2,3)4/h6-9,16,20H,5,10-13H2,1-4H3. The largest absolute Gasteiger partial charge is 0.388 e. The maximum absolute atomic E-state index is 10.2. The Bertz CT molecular complexity index is 431. The van der Waals surface area contributed by atoms with Crippen molar-refractivity contribution < 1.29 is 5.11 Å². The second-order valence-electron chi connectivity index (χ2n) is 6.63. The lowest BCUT2D eigenvalue weighted by Gasteiger charge is -2.43. The van der Waals surface area contributed by atoms with E-state index in [1.165, 1.54) is 5.69 Å².